The maximum Gasteiger partial charge on any atom is 0.295 e. The molecule has 10 N–H and O–H groups in total. The van der Waals surface area contributed by atoms with Gasteiger partial charge in [-0.05, 0) is 59.7 Å². The number of benzene rings is 4. The van der Waals surface area contributed by atoms with E-state index in [4.69, 9.17) is 0 Å². The zero-order chi connectivity index (χ0) is 45.7. The Morgan fingerprint density at radius 1 is 0.438 bits per heavy atom. The molecule has 2 aromatic heterocycles. The standard InChI is InChI=1S/C40H44N12O10S2/c53-21-17-51(18-22-54)39-47-35(41-29-7-3-1-4-8-29)45-37(49-39)43-31-15-13-27(33(25-31)63(57,58)59)11-12-28-14-16-32(26-34(28)64(60,61)62)44-38-46-36(42-30-9-5-2-6-10-30)48-40(50-38)52(19-23-55)20-24-56/h1-16,25-26,53-56H,17-24H2,(H,57,58,59)(H,60,61,62)(H2,41,43,45,47,49)(H2,42,44,46,48,50)/b12-11-. The molecule has 0 saturated carbocycles. The van der Waals surface area contributed by atoms with Crippen molar-refractivity contribution in [3.63, 3.8) is 0 Å². The lowest BCUT2D eigenvalue weighted by atomic mass is 10.1. The number of para-hydroxylation sites is 2. The number of rotatable bonds is 22. The second-order valence-electron chi connectivity index (χ2n) is 13.5. The number of hydrogen-bond acceptors (Lipinski definition) is 20. The summed E-state index contributed by atoms with van der Waals surface area (Å²) in [7, 11) is -9.82. The fourth-order valence-electron chi connectivity index (χ4n) is 6.03. The summed E-state index contributed by atoms with van der Waals surface area (Å²) in [5, 5.41) is 50.4. The number of nitrogens with one attached hydrogen (secondary N) is 4. The van der Waals surface area contributed by atoms with Gasteiger partial charge < -0.3 is 51.5 Å². The number of hydrogen-bond donors (Lipinski definition) is 10. The van der Waals surface area contributed by atoms with Crippen molar-refractivity contribution >= 4 is 90.8 Å². The Labute approximate surface area is 367 Å². The molecular formula is C40H44N12O10S2. The minimum absolute atomic E-state index is 0.0647. The van der Waals surface area contributed by atoms with E-state index in [0.29, 0.717) is 11.4 Å². The molecule has 2 heterocycles. The molecule has 0 spiro atoms. The van der Waals surface area contributed by atoms with E-state index in [1.54, 1.807) is 48.5 Å². The second kappa shape index (κ2) is 21.5. The molecule has 4 aromatic carbocycles. The van der Waals surface area contributed by atoms with Crippen LogP contribution in [0.1, 0.15) is 11.1 Å². The van der Waals surface area contributed by atoms with Crippen LogP contribution in [0.15, 0.2) is 107 Å². The quantitative estimate of drug-likeness (QED) is 0.0345. The first kappa shape index (κ1) is 46.6. The molecular weight excluding hydrogens is 873 g/mol. The number of nitrogens with zero attached hydrogens (tertiary/aromatic N) is 8. The lowest BCUT2D eigenvalue weighted by Gasteiger charge is -2.21. The molecule has 0 atom stereocenters. The van der Waals surface area contributed by atoms with Crippen LogP contribution in [0, 0.1) is 0 Å². The molecule has 0 amide bonds. The van der Waals surface area contributed by atoms with Crippen molar-refractivity contribution in [2.75, 3.05) is 83.7 Å². The lowest BCUT2D eigenvalue weighted by molar-refractivity contribution is 0.279. The maximum atomic E-state index is 12.7. The normalized spacial score (nSPS) is 11.7. The van der Waals surface area contributed by atoms with Gasteiger partial charge in [0.25, 0.3) is 20.2 Å². The number of aliphatic hydroxyl groups excluding tert-OH is 4. The van der Waals surface area contributed by atoms with Crippen molar-refractivity contribution in [1.29, 1.82) is 0 Å². The first-order valence-electron chi connectivity index (χ1n) is 19.3. The van der Waals surface area contributed by atoms with Gasteiger partial charge in [0.05, 0.1) is 26.4 Å². The summed E-state index contributed by atoms with van der Waals surface area (Å²) in [5.74, 6) is 0.187. The van der Waals surface area contributed by atoms with Gasteiger partial charge >= 0.3 is 0 Å². The summed E-state index contributed by atoms with van der Waals surface area (Å²) < 4.78 is 71.5. The number of anilines is 10. The first-order valence-corrected chi connectivity index (χ1v) is 22.2. The molecule has 22 nitrogen and oxygen atoms in total. The van der Waals surface area contributed by atoms with Gasteiger partial charge in [-0.15, -0.1) is 0 Å². The maximum absolute atomic E-state index is 12.7. The highest BCUT2D eigenvalue weighted by atomic mass is 32.2. The fraction of sp³-hybridized carbons (Fsp3) is 0.200. The summed E-state index contributed by atoms with van der Waals surface area (Å²) in [6, 6.07) is 25.7. The van der Waals surface area contributed by atoms with Gasteiger partial charge in [-0.1, -0.05) is 60.7 Å². The molecule has 0 saturated heterocycles. The van der Waals surface area contributed by atoms with Crippen LogP contribution >= 0.6 is 0 Å². The molecule has 6 aromatic rings. The highest BCUT2D eigenvalue weighted by Crippen LogP contribution is 2.29. The van der Waals surface area contributed by atoms with Crippen molar-refractivity contribution in [3.8, 4) is 0 Å². The van der Waals surface area contributed by atoms with Gasteiger partial charge in [0.15, 0.2) is 0 Å². The van der Waals surface area contributed by atoms with Gasteiger partial charge in [0, 0.05) is 48.9 Å². The van der Waals surface area contributed by atoms with E-state index >= 15 is 0 Å². The molecule has 64 heavy (non-hydrogen) atoms. The van der Waals surface area contributed by atoms with Crippen LogP contribution in [0.4, 0.5) is 58.4 Å². The minimum atomic E-state index is -4.91. The van der Waals surface area contributed by atoms with Crippen LogP contribution in [-0.4, -0.2) is 129 Å². The summed E-state index contributed by atoms with van der Waals surface area (Å²) in [5.41, 5.74) is 1.36. The van der Waals surface area contributed by atoms with Crippen LogP contribution in [-0.2, 0) is 20.2 Å². The van der Waals surface area contributed by atoms with E-state index in [0.717, 1.165) is 12.1 Å². The van der Waals surface area contributed by atoms with Crippen LogP contribution in [0.5, 0.6) is 0 Å². The van der Waals surface area contributed by atoms with E-state index in [9.17, 15) is 46.4 Å². The molecule has 336 valence electrons. The molecule has 0 unspecified atom stereocenters. The Morgan fingerprint density at radius 3 is 1.05 bits per heavy atom. The smallest absolute Gasteiger partial charge is 0.295 e. The topological polar surface area (TPSA) is 322 Å². The molecule has 0 aliphatic heterocycles. The Balaban J connectivity index is 1.31. The van der Waals surface area contributed by atoms with E-state index in [-0.39, 0.29) is 111 Å². The largest absolute Gasteiger partial charge is 0.395 e. The molecule has 0 aliphatic rings. The third-order valence-corrected chi connectivity index (χ3v) is 10.7. The van der Waals surface area contributed by atoms with Crippen molar-refractivity contribution in [2.24, 2.45) is 0 Å². The molecule has 6 rings (SSSR count). The molecule has 0 bridgehead atoms. The Kier molecular flexibility index (Phi) is 15.6. The summed E-state index contributed by atoms with van der Waals surface area (Å²) >= 11 is 0. The Bertz CT molecular complexity index is 2580. The summed E-state index contributed by atoms with van der Waals surface area (Å²) in [6.07, 6.45) is 2.45. The zero-order valence-electron chi connectivity index (χ0n) is 33.8. The average molecular weight is 917 g/mol. The van der Waals surface area contributed by atoms with E-state index in [1.165, 1.54) is 46.2 Å². The van der Waals surface area contributed by atoms with E-state index in [2.05, 4.69) is 51.2 Å². The first-order chi connectivity index (χ1) is 30.8. The third-order valence-electron chi connectivity index (χ3n) is 8.89. The number of aromatic nitrogens is 6. The van der Waals surface area contributed by atoms with Crippen molar-refractivity contribution in [3.05, 3.63) is 108 Å². The van der Waals surface area contributed by atoms with Crippen molar-refractivity contribution in [2.45, 2.75) is 9.79 Å². The summed E-state index contributed by atoms with van der Waals surface area (Å²) in [4.78, 5) is 28.3. The van der Waals surface area contributed by atoms with Gasteiger partial charge in [-0.2, -0.15) is 46.7 Å². The Hall–Kier alpha value is -6.90. The van der Waals surface area contributed by atoms with E-state index < -0.39 is 30.0 Å². The van der Waals surface area contributed by atoms with Crippen molar-refractivity contribution < 1.29 is 46.4 Å². The lowest BCUT2D eigenvalue weighted by Crippen LogP contribution is -2.31. The average Bonchev–Trinajstić information content (AvgIpc) is 3.26. The monoisotopic (exact) mass is 916 g/mol. The second-order valence-corrected chi connectivity index (χ2v) is 16.2. The van der Waals surface area contributed by atoms with Crippen LogP contribution in [0.2, 0.25) is 0 Å². The SMILES string of the molecule is O=S(=O)(O)c1cc(Nc2nc(Nc3ccccc3)nc(N(CCO)CCO)n2)ccc1/C=C\c1ccc(Nc2nc(Nc3ccccc3)nc(N(CCO)CCO)n2)cc1S(=O)(=O)O. The molecule has 0 fully saturated rings. The highest BCUT2D eigenvalue weighted by Gasteiger charge is 2.20. The van der Waals surface area contributed by atoms with E-state index in [1.807, 2.05) is 12.1 Å². The summed E-state index contributed by atoms with van der Waals surface area (Å²) in [6.45, 7) is -0.796. The van der Waals surface area contributed by atoms with Crippen molar-refractivity contribution in [1.82, 2.24) is 29.9 Å². The fourth-order valence-corrected chi connectivity index (χ4v) is 7.45. The van der Waals surface area contributed by atoms with Crippen LogP contribution in [0.25, 0.3) is 12.2 Å². The number of aliphatic hydroxyl groups is 4. The molecule has 24 heteroatoms. The van der Waals surface area contributed by atoms with Gasteiger partial charge in [-0.25, -0.2) is 0 Å². The highest BCUT2D eigenvalue weighted by molar-refractivity contribution is 7.86. The van der Waals surface area contributed by atoms with Gasteiger partial charge in [-0.3, -0.25) is 9.11 Å². The zero-order valence-corrected chi connectivity index (χ0v) is 35.4. The van der Waals surface area contributed by atoms with Crippen LogP contribution < -0.4 is 31.1 Å². The predicted molar refractivity (Wildman–Crippen MR) is 240 cm³/mol. The molecule has 0 radical (unpaired) electrons. The van der Waals surface area contributed by atoms with Gasteiger partial charge in [0.1, 0.15) is 9.79 Å². The van der Waals surface area contributed by atoms with Crippen LogP contribution in [0.3, 0.4) is 0 Å². The van der Waals surface area contributed by atoms with Gasteiger partial charge in [0.2, 0.25) is 35.7 Å². The minimum Gasteiger partial charge on any atom is -0.395 e. The third kappa shape index (κ3) is 12.8. The molecule has 0 aliphatic carbocycles. The predicted octanol–water partition coefficient (Wildman–Crippen LogP) is 3.28. The Morgan fingerprint density at radius 2 is 0.750 bits per heavy atom.